The monoisotopic (exact) mass is 304 g/mol. The molecule has 0 aliphatic heterocycles. The maximum Gasteiger partial charge on any atom is 0.340 e. The van der Waals surface area contributed by atoms with Crippen molar-refractivity contribution in [1.82, 2.24) is 0 Å². The third kappa shape index (κ3) is 4.72. The second kappa shape index (κ2) is 6.77. The number of carbonyl (C=O) groups is 2. The molecule has 0 bridgehead atoms. The predicted molar refractivity (Wildman–Crippen MR) is 85.8 cm³/mol. The lowest BCUT2D eigenvalue weighted by molar-refractivity contribution is -0.156. The van der Waals surface area contributed by atoms with Gasteiger partial charge < -0.3 is 9.84 Å². The van der Waals surface area contributed by atoms with Crippen LogP contribution in [0.25, 0.3) is 0 Å². The molecular weight excluding hydrogens is 280 g/mol. The van der Waals surface area contributed by atoms with Crippen LogP contribution >= 0.6 is 0 Å². The Morgan fingerprint density at radius 2 is 1.86 bits per heavy atom. The first-order valence-corrected chi connectivity index (χ1v) is 7.26. The maximum absolute atomic E-state index is 11.6. The van der Waals surface area contributed by atoms with Gasteiger partial charge in [-0.1, -0.05) is 39.5 Å². The van der Waals surface area contributed by atoms with Crippen LogP contribution in [0.5, 0.6) is 5.75 Å². The minimum atomic E-state index is -0.692. The summed E-state index contributed by atoms with van der Waals surface area (Å²) in [6.07, 6.45) is 0.555. The number of aromatic hydroxyl groups is 1. The molecule has 4 heteroatoms. The van der Waals surface area contributed by atoms with E-state index in [0.29, 0.717) is 6.42 Å². The molecule has 22 heavy (non-hydrogen) atoms. The number of aryl methyl sites for hydroxylation is 2. The van der Waals surface area contributed by atoms with Gasteiger partial charge in [0.2, 0.25) is 0 Å². The molecule has 1 N–H and O–H groups in total. The highest BCUT2D eigenvalue weighted by Gasteiger charge is 2.20. The van der Waals surface area contributed by atoms with Gasteiger partial charge in [0.05, 0.1) is 6.42 Å². The Morgan fingerprint density at radius 3 is 2.36 bits per heavy atom. The van der Waals surface area contributed by atoms with Crippen LogP contribution in [0.2, 0.25) is 0 Å². The van der Waals surface area contributed by atoms with E-state index in [1.807, 2.05) is 39.8 Å². The summed E-state index contributed by atoms with van der Waals surface area (Å²) in [5.41, 5.74) is 2.55. The lowest BCUT2D eigenvalue weighted by Crippen LogP contribution is -2.14. The quantitative estimate of drug-likeness (QED) is 0.524. The Hall–Kier alpha value is -2.10. The van der Waals surface area contributed by atoms with Gasteiger partial charge in [-0.05, 0) is 42.4 Å². The van der Waals surface area contributed by atoms with Crippen molar-refractivity contribution >= 4 is 11.9 Å². The van der Waals surface area contributed by atoms with Gasteiger partial charge in [-0.15, -0.1) is 0 Å². The summed E-state index contributed by atoms with van der Waals surface area (Å²) < 4.78 is 4.66. The van der Waals surface area contributed by atoms with Crippen LogP contribution < -0.4 is 0 Å². The smallest absolute Gasteiger partial charge is 0.340 e. The third-order valence-corrected chi connectivity index (χ3v) is 3.34. The minimum absolute atomic E-state index is 0.104. The average molecular weight is 304 g/mol. The maximum atomic E-state index is 11.6. The first-order valence-electron chi connectivity index (χ1n) is 7.26. The molecule has 0 aliphatic rings. The molecule has 0 aliphatic carbocycles. The molecule has 0 fully saturated rings. The molecule has 0 radical (unpaired) electrons. The van der Waals surface area contributed by atoms with Crippen LogP contribution in [0.1, 0.15) is 50.8 Å². The molecule has 120 valence electrons. The zero-order valence-corrected chi connectivity index (χ0v) is 13.9. The second-order valence-corrected chi connectivity index (χ2v) is 6.60. The highest BCUT2D eigenvalue weighted by molar-refractivity contribution is 5.95. The van der Waals surface area contributed by atoms with Gasteiger partial charge in [-0.3, -0.25) is 4.79 Å². The number of benzene rings is 1. The minimum Gasteiger partial charge on any atom is -0.507 e. The number of rotatable bonds is 4. The van der Waals surface area contributed by atoms with Gasteiger partial charge in [0, 0.05) is 5.57 Å². The Kier molecular flexibility index (Phi) is 5.53. The standard InChI is InChI=1S/C18H24O4/c1-11(2)17(21)22-15(19)8-7-13-9-12(3)16(20)14(10-13)18(4,5)6/h9-10,20H,1,7-8H2,2-6H3. The van der Waals surface area contributed by atoms with E-state index in [0.717, 1.165) is 16.7 Å². The first kappa shape index (κ1) is 18.0. The lowest BCUT2D eigenvalue weighted by atomic mass is 9.83. The molecule has 0 saturated heterocycles. The predicted octanol–water partition coefficient (Wildman–Crippen LogP) is 3.58. The summed E-state index contributed by atoms with van der Waals surface area (Å²) >= 11 is 0. The number of phenols is 1. The molecule has 0 amide bonds. The topological polar surface area (TPSA) is 63.6 Å². The van der Waals surface area contributed by atoms with Crippen molar-refractivity contribution in [2.24, 2.45) is 0 Å². The summed E-state index contributed by atoms with van der Waals surface area (Å²) in [6, 6.07) is 3.74. The van der Waals surface area contributed by atoms with Gasteiger partial charge in [0.25, 0.3) is 0 Å². The molecule has 0 aromatic heterocycles. The third-order valence-electron chi connectivity index (χ3n) is 3.34. The lowest BCUT2D eigenvalue weighted by Gasteiger charge is -2.22. The van der Waals surface area contributed by atoms with E-state index < -0.39 is 11.9 Å². The van der Waals surface area contributed by atoms with Gasteiger partial charge in [-0.2, -0.15) is 0 Å². The summed E-state index contributed by atoms with van der Waals surface area (Å²) in [5.74, 6) is -0.977. The summed E-state index contributed by atoms with van der Waals surface area (Å²) in [5, 5.41) is 10.2. The molecule has 0 heterocycles. The zero-order valence-electron chi connectivity index (χ0n) is 13.9. The number of hydrogen-bond donors (Lipinski definition) is 1. The molecule has 1 aromatic carbocycles. The van der Waals surface area contributed by atoms with E-state index >= 15 is 0 Å². The number of esters is 2. The van der Waals surface area contributed by atoms with Crippen LogP contribution in [-0.2, 0) is 26.2 Å². The fraction of sp³-hybridized carbons (Fsp3) is 0.444. The van der Waals surface area contributed by atoms with E-state index in [4.69, 9.17) is 0 Å². The summed E-state index contributed by atoms with van der Waals surface area (Å²) in [4.78, 5) is 22.9. The fourth-order valence-electron chi connectivity index (χ4n) is 2.06. The van der Waals surface area contributed by atoms with E-state index in [1.54, 1.807) is 0 Å². The molecular formula is C18H24O4. The van der Waals surface area contributed by atoms with Crippen molar-refractivity contribution in [1.29, 1.82) is 0 Å². The Morgan fingerprint density at radius 1 is 1.27 bits per heavy atom. The normalized spacial score (nSPS) is 11.1. The largest absolute Gasteiger partial charge is 0.507 e. The van der Waals surface area contributed by atoms with Crippen molar-refractivity contribution in [2.75, 3.05) is 0 Å². The van der Waals surface area contributed by atoms with Gasteiger partial charge in [0.15, 0.2) is 0 Å². The Labute approximate surface area is 131 Å². The number of hydrogen-bond acceptors (Lipinski definition) is 4. The van der Waals surface area contributed by atoms with Crippen molar-refractivity contribution in [2.45, 2.75) is 52.9 Å². The molecule has 0 unspecified atom stereocenters. The van der Waals surface area contributed by atoms with E-state index in [-0.39, 0.29) is 23.2 Å². The highest BCUT2D eigenvalue weighted by Crippen LogP contribution is 2.34. The number of phenolic OH excluding ortho intramolecular Hbond substituents is 1. The highest BCUT2D eigenvalue weighted by atomic mass is 16.6. The molecule has 1 rings (SSSR count). The van der Waals surface area contributed by atoms with Crippen LogP contribution in [0, 0.1) is 6.92 Å². The van der Waals surface area contributed by atoms with Crippen LogP contribution in [0.3, 0.4) is 0 Å². The Balaban J connectivity index is 2.83. The number of carbonyl (C=O) groups excluding carboxylic acids is 2. The summed E-state index contributed by atoms with van der Waals surface area (Å²) in [6.45, 7) is 12.8. The SMILES string of the molecule is C=C(C)C(=O)OC(=O)CCc1cc(C)c(O)c(C(C)(C)C)c1. The zero-order chi connectivity index (χ0) is 17.1. The van der Waals surface area contributed by atoms with Crippen molar-refractivity contribution in [3.8, 4) is 5.75 Å². The van der Waals surface area contributed by atoms with Gasteiger partial charge >= 0.3 is 11.9 Å². The Bertz CT molecular complexity index is 606. The van der Waals surface area contributed by atoms with E-state index in [9.17, 15) is 14.7 Å². The molecule has 1 aromatic rings. The van der Waals surface area contributed by atoms with E-state index in [1.165, 1.54) is 6.92 Å². The molecule has 0 spiro atoms. The van der Waals surface area contributed by atoms with Crippen LogP contribution in [-0.4, -0.2) is 17.0 Å². The van der Waals surface area contributed by atoms with Crippen molar-refractivity contribution in [3.63, 3.8) is 0 Å². The molecule has 0 saturated carbocycles. The molecule has 0 atom stereocenters. The first-order chi connectivity index (χ1) is 10.0. The molecule has 4 nitrogen and oxygen atoms in total. The van der Waals surface area contributed by atoms with Crippen LogP contribution in [0.4, 0.5) is 0 Å². The summed E-state index contributed by atoms with van der Waals surface area (Å²) in [7, 11) is 0. The van der Waals surface area contributed by atoms with E-state index in [2.05, 4.69) is 11.3 Å². The van der Waals surface area contributed by atoms with Gasteiger partial charge in [0.1, 0.15) is 5.75 Å². The second-order valence-electron chi connectivity index (χ2n) is 6.60. The van der Waals surface area contributed by atoms with Crippen molar-refractivity contribution < 1.29 is 19.4 Å². The average Bonchev–Trinajstić information content (AvgIpc) is 2.38. The van der Waals surface area contributed by atoms with Crippen LogP contribution in [0.15, 0.2) is 24.3 Å². The van der Waals surface area contributed by atoms with Crippen molar-refractivity contribution in [3.05, 3.63) is 41.0 Å². The van der Waals surface area contributed by atoms with Gasteiger partial charge in [-0.25, -0.2) is 4.79 Å². The fourth-order valence-corrected chi connectivity index (χ4v) is 2.06. The number of ether oxygens (including phenoxy) is 1.